The average molecular weight is 469 g/mol. The molecule has 188 valence electrons. The number of nitrogens with zero attached hydrogens (tertiary/aromatic N) is 1. The van der Waals surface area contributed by atoms with E-state index >= 15 is 0 Å². The highest BCUT2D eigenvalue weighted by Gasteiger charge is 2.29. The number of amides is 2. The van der Waals surface area contributed by atoms with E-state index in [1.54, 1.807) is 11.8 Å². The highest BCUT2D eigenvalue weighted by atomic mass is 16.6. The van der Waals surface area contributed by atoms with Crippen LogP contribution in [0.25, 0.3) is 0 Å². The Morgan fingerprint density at radius 2 is 1.85 bits per heavy atom. The van der Waals surface area contributed by atoms with Crippen molar-refractivity contribution >= 4 is 18.0 Å². The first-order valence-electron chi connectivity index (χ1n) is 11.6. The molecule has 2 amide bonds. The van der Waals surface area contributed by atoms with Crippen LogP contribution < -0.4 is 5.32 Å². The molecule has 4 unspecified atom stereocenters. The zero-order valence-electron chi connectivity index (χ0n) is 20.4. The van der Waals surface area contributed by atoms with E-state index in [4.69, 9.17) is 14.2 Å². The minimum absolute atomic E-state index is 0.0971. The standard InChI is InChI=1S/C24H40N2O7/c1-7-21(33-24(30)25-10-12-31-18(5)16(2)3)15-22(32-19(6)27)14-20(28)13-17(4)26-11-8-9-23(26)29/h17,20-22,28H,2,5,7-15H2,1,3-4,6H3,(H,25,30). The number of hydrogen-bond acceptors (Lipinski definition) is 7. The zero-order chi connectivity index (χ0) is 25.0. The van der Waals surface area contributed by atoms with E-state index in [1.165, 1.54) is 6.92 Å². The Labute approximate surface area is 197 Å². The van der Waals surface area contributed by atoms with Gasteiger partial charge < -0.3 is 29.5 Å². The second-order valence-corrected chi connectivity index (χ2v) is 8.55. The van der Waals surface area contributed by atoms with Crippen LogP contribution in [0.2, 0.25) is 0 Å². The van der Waals surface area contributed by atoms with Crippen LogP contribution >= 0.6 is 0 Å². The van der Waals surface area contributed by atoms with Gasteiger partial charge in [-0.2, -0.15) is 0 Å². The lowest BCUT2D eigenvalue weighted by Crippen LogP contribution is -2.38. The number of carbonyl (C=O) groups excluding carboxylic acids is 3. The van der Waals surface area contributed by atoms with Crippen LogP contribution in [0.4, 0.5) is 4.79 Å². The van der Waals surface area contributed by atoms with Crippen molar-refractivity contribution in [1.29, 1.82) is 0 Å². The van der Waals surface area contributed by atoms with Gasteiger partial charge in [-0.05, 0) is 38.7 Å². The third-order valence-corrected chi connectivity index (χ3v) is 5.50. The third-order valence-electron chi connectivity index (χ3n) is 5.50. The number of rotatable bonds is 15. The van der Waals surface area contributed by atoms with Gasteiger partial charge in [0, 0.05) is 38.8 Å². The Kier molecular flexibility index (Phi) is 12.6. The molecule has 0 bridgehead atoms. The van der Waals surface area contributed by atoms with Gasteiger partial charge in [0.15, 0.2) is 0 Å². The molecular formula is C24H40N2O7. The maximum Gasteiger partial charge on any atom is 0.407 e. The normalized spacial score (nSPS) is 17.0. The quantitative estimate of drug-likeness (QED) is 0.164. The van der Waals surface area contributed by atoms with Crippen LogP contribution in [0.3, 0.4) is 0 Å². The molecule has 0 radical (unpaired) electrons. The van der Waals surface area contributed by atoms with Crippen molar-refractivity contribution in [3.8, 4) is 0 Å². The molecule has 0 spiro atoms. The molecule has 1 aliphatic heterocycles. The first-order chi connectivity index (χ1) is 15.5. The van der Waals surface area contributed by atoms with E-state index < -0.39 is 30.4 Å². The number of aliphatic hydroxyl groups is 1. The van der Waals surface area contributed by atoms with Crippen LogP contribution in [0, 0.1) is 0 Å². The summed E-state index contributed by atoms with van der Waals surface area (Å²) < 4.78 is 16.2. The van der Waals surface area contributed by atoms with E-state index in [9.17, 15) is 19.5 Å². The van der Waals surface area contributed by atoms with Crippen LogP contribution in [-0.4, -0.2) is 72.0 Å². The van der Waals surface area contributed by atoms with Gasteiger partial charge in [0.05, 0.1) is 12.6 Å². The second-order valence-electron chi connectivity index (χ2n) is 8.55. The monoisotopic (exact) mass is 468 g/mol. The number of allylic oxidation sites excluding steroid dienone is 1. The van der Waals surface area contributed by atoms with Crippen molar-refractivity contribution < 1.29 is 33.7 Å². The van der Waals surface area contributed by atoms with Crippen molar-refractivity contribution in [3.63, 3.8) is 0 Å². The van der Waals surface area contributed by atoms with Gasteiger partial charge >= 0.3 is 12.1 Å². The molecule has 2 N–H and O–H groups in total. The molecule has 33 heavy (non-hydrogen) atoms. The van der Waals surface area contributed by atoms with Gasteiger partial charge in [-0.15, -0.1) is 0 Å². The number of hydrogen-bond donors (Lipinski definition) is 2. The number of esters is 1. The van der Waals surface area contributed by atoms with Crippen LogP contribution in [0.5, 0.6) is 0 Å². The maximum absolute atomic E-state index is 12.1. The molecule has 1 aliphatic rings. The Bertz CT molecular complexity index is 694. The highest BCUT2D eigenvalue weighted by molar-refractivity contribution is 5.78. The number of alkyl carbamates (subject to hydrolysis) is 1. The fourth-order valence-corrected chi connectivity index (χ4v) is 3.72. The summed E-state index contributed by atoms with van der Waals surface area (Å²) in [6.07, 6.45) is 0.275. The van der Waals surface area contributed by atoms with E-state index in [-0.39, 0.29) is 37.9 Å². The molecule has 0 aromatic carbocycles. The summed E-state index contributed by atoms with van der Waals surface area (Å²) in [6, 6.07) is -0.0971. The van der Waals surface area contributed by atoms with Gasteiger partial charge in [0.25, 0.3) is 0 Å². The summed E-state index contributed by atoms with van der Waals surface area (Å²) in [7, 11) is 0. The second kappa shape index (κ2) is 14.6. The summed E-state index contributed by atoms with van der Waals surface area (Å²) in [5.74, 6) is 0.0954. The van der Waals surface area contributed by atoms with Crippen molar-refractivity contribution in [1.82, 2.24) is 10.2 Å². The molecule has 4 atom stereocenters. The molecular weight excluding hydrogens is 428 g/mol. The molecule has 0 saturated carbocycles. The van der Waals surface area contributed by atoms with E-state index in [2.05, 4.69) is 18.5 Å². The molecule has 1 heterocycles. The number of nitrogens with one attached hydrogen (secondary N) is 1. The minimum atomic E-state index is -0.761. The Morgan fingerprint density at radius 3 is 2.39 bits per heavy atom. The predicted octanol–water partition coefficient (Wildman–Crippen LogP) is 3.07. The number of carbonyl (C=O) groups is 3. The average Bonchev–Trinajstić information content (AvgIpc) is 3.15. The number of ether oxygens (including phenoxy) is 3. The van der Waals surface area contributed by atoms with Crippen molar-refractivity contribution in [2.75, 3.05) is 19.7 Å². The van der Waals surface area contributed by atoms with Crippen LogP contribution in [0.15, 0.2) is 24.5 Å². The summed E-state index contributed by atoms with van der Waals surface area (Å²) in [6.45, 7) is 15.5. The lowest BCUT2D eigenvalue weighted by Gasteiger charge is -2.29. The van der Waals surface area contributed by atoms with Gasteiger partial charge in [0.2, 0.25) is 5.91 Å². The zero-order valence-corrected chi connectivity index (χ0v) is 20.4. The molecule has 9 nitrogen and oxygen atoms in total. The SMILES string of the molecule is C=C(C)C(=C)OCCNC(=O)OC(CC)CC(CC(O)CC(C)N1CCCC1=O)OC(C)=O. The molecule has 1 rings (SSSR count). The molecule has 9 heteroatoms. The van der Waals surface area contributed by atoms with Gasteiger partial charge in [0.1, 0.15) is 24.6 Å². The van der Waals surface area contributed by atoms with E-state index in [1.807, 2.05) is 13.8 Å². The lowest BCUT2D eigenvalue weighted by atomic mass is 9.99. The smallest absolute Gasteiger partial charge is 0.407 e. The van der Waals surface area contributed by atoms with E-state index in [0.29, 0.717) is 37.1 Å². The van der Waals surface area contributed by atoms with Crippen molar-refractivity contribution in [2.24, 2.45) is 0 Å². The largest absolute Gasteiger partial charge is 0.492 e. The van der Waals surface area contributed by atoms with Crippen LogP contribution in [0.1, 0.15) is 66.2 Å². The first-order valence-corrected chi connectivity index (χ1v) is 11.6. The molecule has 0 aromatic heterocycles. The fourth-order valence-electron chi connectivity index (χ4n) is 3.72. The Hall–Kier alpha value is -2.55. The van der Waals surface area contributed by atoms with E-state index in [0.717, 1.165) is 6.42 Å². The number of likely N-dealkylation sites (tertiary alicyclic amines) is 1. The van der Waals surface area contributed by atoms with Crippen LogP contribution in [-0.2, 0) is 23.8 Å². The van der Waals surface area contributed by atoms with Gasteiger partial charge in [-0.1, -0.05) is 20.1 Å². The van der Waals surface area contributed by atoms with Crippen molar-refractivity contribution in [2.45, 2.75) is 90.6 Å². The molecule has 0 aromatic rings. The first kappa shape index (κ1) is 28.5. The summed E-state index contributed by atoms with van der Waals surface area (Å²) in [4.78, 5) is 37.4. The van der Waals surface area contributed by atoms with Gasteiger partial charge in [-0.3, -0.25) is 9.59 Å². The topological polar surface area (TPSA) is 114 Å². The predicted molar refractivity (Wildman–Crippen MR) is 124 cm³/mol. The molecule has 0 aliphatic carbocycles. The lowest BCUT2D eigenvalue weighted by molar-refractivity contribution is -0.149. The van der Waals surface area contributed by atoms with Crippen molar-refractivity contribution in [3.05, 3.63) is 24.5 Å². The summed E-state index contributed by atoms with van der Waals surface area (Å²) >= 11 is 0. The third kappa shape index (κ3) is 11.2. The maximum atomic E-state index is 12.1. The molecule has 1 saturated heterocycles. The summed E-state index contributed by atoms with van der Waals surface area (Å²) in [5, 5.41) is 13.2. The number of aliphatic hydroxyl groups excluding tert-OH is 1. The highest BCUT2D eigenvalue weighted by Crippen LogP contribution is 2.21. The summed E-state index contributed by atoms with van der Waals surface area (Å²) in [5.41, 5.74) is 0.712. The Balaban J connectivity index is 2.52. The Morgan fingerprint density at radius 1 is 1.15 bits per heavy atom. The fraction of sp³-hybridized carbons (Fsp3) is 0.708. The molecule has 1 fully saturated rings. The van der Waals surface area contributed by atoms with Gasteiger partial charge in [-0.25, -0.2) is 4.79 Å². The minimum Gasteiger partial charge on any atom is -0.492 e.